The number of hydrogen-bond acceptors (Lipinski definition) is 4. The number of hydrogen-bond donors (Lipinski definition) is 2. The first kappa shape index (κ1) is 16.8. The monoisotopic (exact) mass is 353 g/mol. The molecule has 7 nitrogen and oxygen atoms in total. The molecule has 2 N–H and O–H groups in total. The first-order valence-corrected chi connectivity index (χ1v) is 8.94. The van der Waals surface area contributed by atoms with Gasteiger partial charge in [0, 0.05) is 49.3 Å². The van der Waals surface area contributed by atoms with Crippen molar-refractivity contribution >= 4 is 16.8 Å². The molecule has 1 aliphatic heterocycles. The van der Waals surface area contributed by atoms with Crippen molar-refractivity contribution in [3.8, 4) is 0 Å². The lowest BCUT2D eigenvalue weighted by atomic mass is 9.93. The quantitative estimate of drug-likeness (QED) is 0.754. The van der Waals surface area contributed by atoms with Gasteiger partial charge in [-0.15, -0.1) is 5.10 Å². The molecule has 0 aliphatic carbocycles. The predicted octanol–water partition coefficient (Wildman–Crippen LogP) is 2.43. The number of H-pyrrole nitrogens is 1. The van der Waals surface area contributed by atoms with Crippen molar-refractivity contribution < 1.29 is 9.53 Å². The molecule has 0 atom stereocenters. The molecule has 1 amide bonds. The van der Waals surface area contributed by atoms with Gasteiger partial charge in [-0.2, -0.15) is 0 Å². The molecule has 0 unspecified atom stereocenters. The maximum absolute atomic E-state index is 12.1. The largest absolute Gasteiger partial charge is 0.381 e. The third-order valence-electron chi connectivity index (χ3n) is 5.05. The summed E-state index contributed by atoms with van der Waals surface area (Å²) < 4.78 is 7.00. The molecule has 7 heteroatoms. The second kappa shape index (κ2) is 6.92. The maximum Gasteiger partial charge on any atom is 0.291 e. The number of carbonyl (C=O) groups is 1. The minimum absolute atomic E-state index is 0.188. The van der Waals surface area contributed by atoms with Gasteiger partial charge in [-0.05, 0) is 43.0 Å². The average Bonchev–Trinajstić information content (AvgIpc) is 3.24. The number of aromatic nitrogens is 4. The number of carbonyl (C=O) groups excluding carboxylic acids is 1. The molecular formula is C19H23N5O2. The zero-order valence-electron chi connectivity index (χ0n) is 15.1. The Bertz CT molecular complexity index is 937. The minimum Gasteiger partial charge on any atom is -0.381 e. The molecule has 1 aliphatic rings. The third kappa shape index (κ3) is 3.22. The van der Waals surface area contributed by atoms with Gasteiger partial charge in [-0.1, -0.05) is 6.07 Å². The zero-order chi connectivity index (χ0) is 18.1. The number of nitrogens with one attached hydrogen (secondary N) is 2. The van der Waals surface area contributed by atoms with Crippen LogP contribution in [-0.4, -0.2) is 38.9 Å². The number of benzene rings is 1. The fourth-order valence-corrected chi connectivity index (χ4v) is 3.60. The molecule has 0 spiro atoms. The number of fused-ring (bicyclic) bond motifs is 1. The summed E-state index contributed by atoms with van der Waals surface area (Å²) >= 11 is 0. The molecule has 1 fully saturated rings. The summed E-state index contributed by atoms with van der Waals surface area (Å²) in [5, 5.41) is 8.12. The summed E-state index contributed by atoms with van der Waals surface area (Å²) in [6, 6.07) is 6.28. The Balaban J connectivity index is 1.51. The molecule has 26 heavy (non-hydrogen) atoms. The Kier molecular flexibility index (Phi) is 4.46. The van der Waals surface area contributed by atoms with Crippen LogP contribution in [0.2, 0.25) is 0 Å². The van der Waals surface area contributed by atoms with Gasteiger partial charge in [0.25, 0.3) is 5.91 Å². The van der Waals surface area contributed by atoms with Crippen LogP contribution < -0.4 is 5.32 Å². The van der Waals surface area contributed by atoms with E-state index in [2.05, 4.69) is 39.4 Å². The molecule has 0 bridgehead atoms. The van der Waals surface area contributed by atoms with Crippen LogP contribution in [0.3, 0.4) is 0 Å². The lowest BCUT2D eigenvalue weighted by Gasteiger charge is -2.21. The second-order valence-corrected chi connectivity index (χ2v) is 6.85. The summed E-state index contributed by atoms with van der Waals surface area (Å²) in [6.07, 6.45) is 3.64. The summed E-state index contributed by atoms with van der Waals surface area (Å²) in [6.45, 7) is 4.28. The van der Waals surface area contributed by atoms with Crippen molar-refractivity contribution in [2.45, 2.75) is 32.2 Å². The summed E-state index contributed by atoms with van der Waals surface area (Å²) in [5.41, 5.74) is 4.82. The fraction of sp³-hybridized carbons (Fsp3) is 0.421. The summed E-state index contributed by atoms with van der Waals surface area (Å²) in [4.78, 5) is 19.7. The molecule has 0 radical (unpaired) electrons. The van der Waals surface area contributed by atoms with Crippen LogP contribution in [0.25, 0.3) is 10.9 Å². The highest BCUT2D eigenvalue weighted by Crippen LogP contribution is 2.33. The Morgan fingerprint density at radius 2 is 2.19 bits per heavy atom. The molecule has 0 saturated carbocycles. The van der Waals surface area contributed by atoms with Gasteiger partial charge < -0.3 is 15.0 Å². The van der Waals surface area contributed by atoms with E-state index in [1.54, 1.807) is 7.05 Å². The van der Waals surface area contributed by atoms with E-state index in [0.29, 0.717) is 12.5 Å². The number of aryl methyl sites for hydroxylation is 2. The first-order valence-electron chi connectivity index (χ1n) is 8.94. The van der Waals surface area contributed by atoms with Gasteiger partial charge in [0.15, 0.2) is 0 Å². The third-order valence-corrected chi connectivity index (χ3v) is 5.05. The van der Waals surface area contributed by atoms with Crippen molar-refractivity contribution in [1.82, 2.24) is 25.1 Å². The van der Waals surface area contributed by atoms with E-state index in [1.165, 1.54) is 27.7 Å². The van der Waals surface area contributed by atoms with Crippen LogP contribution in [0, 0.1) is 6.92 Å². The van der Waals surface area contributed by atoms with Crippen molar-refractivity contribution in [2.24, 2.45) is 7.05 Å². The Morgan fingerprint density at radius 3 is 2.92 bits per heavy atom. The van der Waals surface area contributed by atoms with Crippen LogP contribution in [0.5, 0.6) is 0 Å². The number of amides is 1. The molecule has 2 aromatic heterocycles. The highest BCUT2D eigenvalue weighted by molar-refractivity contribution is 5.90. The SMILES string of the molecule is Cc1c(C2CCOCC2)[nH]c2ccc(CNC(=O)c3ncn(C)n3)cc12. The second-order valence-electron chi connectivity index (χ2n) is 6.85. The van der Waals surface area contributed by atoms with Crippen LogP contribution >= 0.6 is 0 Å². The van der Waals surface area contributed by atoms with Crippen molar-refractivity contribution in [1.29, 1.82) is 0 Å². The van der Waals surface area contributed by atoms with Gasteiger partial charge >= 0.3 is 0 Å². The van der Waals surface area contributed by atoms with E-state index in [4.69, 9.17) is 4.74 Å². The molecule has 4 rings (SSSR count). The molecule has 3 heterocycles. The molecule has 1 aromatic carbocycles. The number of ether oxygens (including phenoxy) is 1. The normalized spacial score (nSPS) is 15.5. The van der Waals surface area contributed by atoms with Crippen molar-refractivity contribution in [3.05, 3.63) is 47.2 Å². The molecular weight excluding hydrogens is 330 g/mol. The van der Waals surface area contributed by atoms with Gasteiger partial charge in [0.05, 0.1) is 0 Å². The van der Waals surface area contributed by atoms with Gasteiger partial charge in [-0.25, -0.2) is 4.98 Å². The molecule has 136 valence electrons. The summed E-state index contributed by atoms with van der Waals surface area (Å²) in [5.74, 6) is 0.460. The topological polar surface area (TPSA) is 84.8 Å². The number of aromatic amines is 1. The highest BCUT2D eigenvalue weighted by atomic mass is 16.5. The van der Waals surface area contributed by atoms with E-state index in [0.717, 1.165) is 37.1 Å². The lowest BCUT2D eigenvalue weighted by molar-refractivity contribution is 0.0845. The van der Waals surface area contributed by atoms with Gasteiger partial charge in [-0.3, -0.25) is 9.48 Å². The number of nitrogens with zero attached hydrogens (tertiary/aromatic N) is 3. The fourth-order valence-electron chi connectivity index (χ4n) is 3.60. The van der Waals surface area contributed by atoms with E-state index in [9.17, 15) is 4.79 Å². The average molecular weight is 353 g/mol. The zero-order valence-corrected chi connectivity index (χ0v) is 15.1. The summed E-state index contributed by atoms with van der Waals surface area (Å²) in [7, 11) is 1.74. The minimum atomic E-state index is -0.264. The first-order chi connectivity index (χ1) is 12.6. The Hall–Kier alpha value is -2.67. The lowest BCUT2D eigenvalue weighted by Crippen LogP contribution is -2.24. The standard InChI is InChI=1S/C19H23N5O2/c1-12-15-9-13(10-20-19(25)18-21-11-24(2)23-18)3-4-16(15)22-17(12)14-5-7-26-8-6-14/h3-4,9,11,14,22H,5-8,10H2,1-2H3,(H,20,25). The maximum atomic E-state index is 12.1. The van der Waals surface area contributed by atoms with Crippen LogP contribution in [-0.2, 0) is 18.3 Å². The van der Waals surface area contributed by atoms with Crippen molar-refractivity contribution in [3.63, 3.8) is 0 Å². The van der Waals surface area contributed by atoms with Gasteiger partial charge in [0.2, 0.25) is 5.82 Å². The van der Waals surface area contributed by atoms with Gasteiger partial charge in [0.1, 0.15) is 6.33 Å². The predicted molar refractivity (Wildman–Crippen MR) is 98.0 cm³/mol. The van der Waals surface area contributed by atoms with Crippen LogP contribution in [0.1, 0.15) is 46.2 Å². The van der Waals surface area contributed by atoms with Crippen LogP contribution in [0.15, 0.2) is 24.5 Å². The Labute approximate surface area is 151 Å². The van der Waals surface area contributed by atoms with Crippen LogP contribution in [0.4, 0.5) is 0 Å². The highest BCUT2D eigenvalue weighted by Gasteiger charge is 2.21. The van der Waals surface area contributed by atoms with E-state index in [-0.39, 0.29) is 11.7 Å². The van der Waals surface area contributed by atoms with E-state index >= 15 is 0 Å². The molecule has 1 saturated heterocycles. The van der Waals surface area contributed by atoms with E-state index < -0.39 is 0 Å². The number of rotatable bonds is 4. The molecule has 3 aromatic rings. The van der Waals surface area contributed by atoms with Crippen molar-refractivity contribution in [2.75, 3.05) is 13.2 Å². The van der Waals surface area contributed by atoms with E-state index in [1.807, 2.05) is 6.07 Å². The smallest absolute Gasteiger partial charge is 0.291 e. The Morgan fingerprint density at radius 1 is 1.38 bits per heavy atom.